The second-order valence-corrected chi connectivity index (χ2v) is 4.74. The van der Waals surface area contributed by atoms with Crippen molar-refractivity contribution in [3.63, 3.8) is 0 Å². The number of rotatable bonds is 2. The number of aromatic hydroxyl groups is 1. The average Bonchev–Trinajstić information content (AvgIpc) is 2.28. The van der Waals surface area contributed by atoms with Crippen LogP contribution in [0.5, 0.6) is 5.75 Å². The zero-order valence-electron chi connectivity index (χ0n) is 9.36. The van der Waals surface area contributed by atoms with Gasteiger partial charge < -0.3 is 5.11 Å². The van der Waals surface area contributed by atoms with Crippen LogP contribution in [-0.4, -0.2) is 47.6 Å². The number of fused-ring (bicyclic) bond motifs is 1. The Morgan fingerprint density at radius 2 is 1.72 bits per heavy atom. The standard InChI is InChI=1S/C10H7NO5S.Na/c12-10-7-2-1-3-9(17(14,15)16)6(7)4-5-8(10)11-13;/h1-5,12H,(H,14,15,16);. The van der Waals surface area contributed by atoms with Crippen molar-refractivity contribution < 1.29 is 18.1 Å². The average molecular weight is 276 g/mol. The SMILES string of the molecule is O=Nc1ccc2c(S(=O)(=O)O)cccc2c1O.[Na]. The molecule has 0 atom stereocenters. The molecule has 2 rings (SSSR count). The quantitative estimate of drug-likeness (QED) is 0.494. The summed E-state index contributed by atoms with van der Waals surface area (Å²) in [7, 11) is -4.39. The summed E-state index contributed by atoms with van der Waals surface area (Å²) in [5.74, 6) is -0.414. The third-order valence-electron chi connectivity index (χ3n) is 2.35. The molecule has 18 heavy (non-hydrogen) atoms. The second-order valence-electron chi connectivity index (χ2n) is 3.35. The van der Waals surface area contributed by atoms with Crippen LogP contribution in [0.4, 0.5) is 5.69 Å². The normalized spacial score (nSPS) is 10.9. The Morgan fingerprint density at radius 3 is 2.28 bits per heavy atom. The fourth-order valence-electron chi connectivity index (χ4n) is 1.60. The Kier molecular flexibility index (Phi) is 4.46. The van der Waals surface area contributed by atoms with Gasteiger partial charge in [0.1, 0.15) is 10.6 Å². The fourth-order valence-corrected chi connectivity index (χ4v) is 2.31. The molecule has 0 spiro atoms. The van der Waals surface area contributed by atoms with E-state index < -0.39 is 15.9 Å². The third-order valence-corrected chi connectivity index (χ3v) is 3.26. The third kappa shape index (κ3) is 2.55. The molecule has 0 amide bonds. The molecule has 0 aliphatic carbocycles. The summed E-state index contributed by atoms with van der Waals surface area (Å²) in [6, 6.07) is 6.45. The number of hydrogen-bond acceptors (Lipinski definition) is 5. The van der Waals surface area contributed by atoms with Gasteiger partial charge in [-0.05, 0) is 17.3 Å². The molecule has 0 bridgehead atoms. The summed E-state index contributed by atoms with van der Waals surface area (Å²) in [6.45, 7) is 0. The van der Waals surface area contributed by atoms with Crippen molar-refractivity contribution in [3.05, 3.63) is 35.2 Å². The fraction of sp³-hybridized carbons (Fsp3) is 0. The zero-order chi connectivity index (χ0) is 12.6. The Morgan fingerprint density at radius 1 is 1.06 bits per heavy atom. The molecule has 89 valence electrons. The molecule has 0 aliphatic rings. The smallest absolute Gasteiger partial charge is 0.295 e. The van der Waals surface area contributed by atoms with E-state index in [1.807, 2.05) is 0 Å². The number of nitrogens with zero attached hydrogens (tertiary/aromatic N) is 1. The summed E-state index contributed by atoms with van der Waals surface area (Å²) in [5.41, 5.74) is -0.190. The Bertz CT molecular complexity index is 714. The van der Waals surface area contributed by atoms with Crippen LogP contribution in [0, 0.1) is 4.91 Å². The Balaban J connectivity index is 0.00000162. The summed E-state index contributed by atoms with van der Waals surface area (Å²) in [5, 5.41) is 12.5. The Labute approximate surface area is 125 Å². The van der Waals surface area contributed by atoms with Crippen LogP contribution in [0.15, 0.2) is 40.4 Å². The first kappa shape index (κ1) is 15.1. The van der Waals surface area contributed by atoms with Crippen molar-refractivity contribution in [3.8, 4) is 5.75 Å². The van der Waals surface area contributed by atoms with Gasteiger partial charge in [-0.2, -0.15) is 8.42 Å². The van der Waals surface area contributed by atoms with Gasteiger partial charge in [0.05, 0.1) is 0 Å². The summed E-state index contributed by atoms with van der Waals surface area (Å²) in [4.78, 5) is 10.0. The molecule has 0 saturated heterocycles. The van der Waals surface area contributed by atoms with Crippen molar-refractivity contribution in [2.24, 2.45) is 5.18 Å². The van der Waals surface area contributed by atoms with E-state index in [0.29, 0.717) is 0 Å². The van der Waals surface area contributed by atoms with E-state index in [2.05, 4.69) is 5.18 Å². The van der Waals surface area contributed by atoms with Crippen LogP contribution in [0.3, 0.4) is 0 Å². The molecular weight excluding hydrogens is 269 g/mol. The molecule has 2 aromatic carbocycles. The van der Waals surface area contributed by atoms with E-state index in [-0.39, 0.29) is 50.9 Å². The van der Waals surface area contributed by atoms with E-state index in [1.54, 1.807) is 0 Å². The van der Waals surface area contributed by atoms with Crippen molar-refractivity contribution in [1.29, 1.82) is 0 Å². The molecular formula is C10H7NNaO5S. The van der Waals surface area contributed by atoms with Gasteiger partial charge in [-0.3, -0.25) is 4.55 Å². The molecule has 8 heteroatoms. The number of hydrogen-bond donors (Lipinski definition) is 2. The minimum Gasteiger partial charge on any atom is -0.505 e. The van der Waals surface area contributed by atoms with Crippen molar-refractivity contribution in [1.82, 2.24) is 0 Å². The van der Waals surface area contributed by atoms with E-state index >= 15 is 0 Å². The first-order valence-corrected chi connectivity index (χ1v) is 5.94. The van der Waals surface area contributed by atoms with Crippen molar-refractivity contribution in [2.45, 2.75) is 4.90 Å². The molecule has 2 aromatic rings. The molecule has 0 heterocycles. The van der Waals surface area contributed by atoms with Crippen LogP contribution >= 0.6 is 0 Å². The molecule has 0 fully saturated rings. The first-order valence-electron chi connectivity index (χ1n) is 4.50. The zero-order valence-corrected chi connectivity index (χ0v) is 12.2. The molecule has 2 N–H and O–H groups in total. The molecule has 0 saturated carbocycles. The van der Waals surface area contributed by atoms with Gasteiger partial charge >= 0.3 is 0 Å². The van der Waals surface area contributed by atoms with Crippen molar-refractivity contribution in [2.75, 3.05) is 0 Å². The second kappa shape index (κ2) is 5.33. The van der Waals surface area contributed by atoms with E-state index in [4.69, 9.17) is 4.55 Å². The molecule has 1 radical (unpaired) electrons. The van der Waals surface area contributed by atoms with Gasteiger partial charge in [-0.25, -0.2) is 0 Å². The summed E-state index contributed by atoms with van der Waals surface area (Å²) in [6.07, 6.45) is 0. The number of benzene rings is 2. The Hall–Kier alpha value is -0.990. The summed E-state index contributed by atoms with van der Waals surface area (Å²) < 4.78 is 31.2. The predicted octanol–water partition coefficient (Wildman–Crippen LogP) is 1.81. The monoisotopic (exact) mass is 276 g/mol. The van der Waals surface area contributed by atoms with E-state index in [0.717, 1.165) is 0 Å². The van der Waals surface area contributed by atoms with Gasteiger partial charge in [0, 0.05) is 40.3 Å². The van der Waals surface area contributed by atoms with E-state index in [9.17, 15) is 18.4 Å². The minimum atomic E-state index is -4.39. The molecule has 0 unspecified atom stereocenters. The van der Waals surface area contributed by atoms with Gasteiger partial charge in [-0.15, -0.1) is 4.91 Å². The van der Waals surface area contributed by atoms with Crippen LogP contribution in [0.2, 0.25) is 0 Å². The largest absolute Gasteiger partial charge is 0.505 e. The van der Waals surface area contributed by atoms with Crippen molar-refractivity contribution >= 4 is 56.1 Å². The van der Waals surface area contributed by atoms with Crippen LogP contribution < -0.4 is 0 Å². The van der Waals surface area contributed by atoms with Crippen LogP contribution in [-0.2, 0) is 10.1 Å². The van der Waals surface area contributed by atoms with Gasteiger partial charge in [0.25, 0.3) is 10.1 Å². The van der Waals surface area contributed by atoms with Crippen LogP contribution in [0.1, 0.15) is 0 Å². The maximum absolute atomic E-state index is 11.1. The summed E-state index contributed by atoms with van der Waals surface area (Å²) >= 11 is 0. The first-order chi connectivity index (χ1) is 7.95. The molecule has 0 aliphatic heterocycles. The molecule has 0 aromatic heterocycles. The maximum atomic E-state index is 11.1. The van der Waals surface area contributed by atoms with Crippen LogP contribution in [0.25, 0.3) is 10.8 Å². The van der Waals surface area contributed by atoms with E-state index in [1.165, 1.54) is 30.3 Å². The number of phenols is 1. The van der Waals surface area contributed by atoms with Gasteiger partial charge in [0.15, 0.2) is 5.75 Å². The number of phenolic OH excluding ortho intramolecular Hbond substituents is 1. The molecule has 6 nitrogen and oxygen atoms in total. The minimum absolute atomic E-state index is 0. The maximum Gasteiger partial charge on any atom is 0.295 e. The number of nitroso groups, excluding NO2 is 1. The predicted molar refractivity (Wildman–Crippen MR) is 66.6 cm³/mol. The van der Waals surface area contributed by atoms with Gasteiger partial charge in [0.2, 0.25) is 0 Å². The topological polar surface area (TPSA) is 104 Å². The van der Waals surface area contributed by atoms with Gasteiger partial charge in [-0.1, -0.05) is 18.2 Å².